The van der Waals surface area contributed by atoms with Gasteiger partial charge in [0, 0.05) is 31.1 Å². The zero-order valence-electron chi connectivity index (χ0n) is 21.1. The molecule has 3 amide bonds. The number of nitrogens with zero attached hydrogens (tertiary/aromatic N) is 1. The van der Waals surface area contributed by atoms with Crippen molar-refractivity contribution in [3.63, 3.8) is 0 Å². The molecule has 0 spiro atoms. The third-order valence-electron chi connectivity index (χ3n) is 7.05. The topological polar surface area (TPSA) is 78.5 Å². The average Bonchev–Trinajstić information content (AvgIpc) is 3.48. The van der Waals surface area contributed by atoms with E-state index in [1.807, 2.05) is 89.8 Å². The number of hydrogen-bond acceptors (Lipinski definition) is 3. The molecule has 0 bridgehead atoms. The lowest BCUT2D eigenvalue weighted by Gasteiger charge is -2.39. The van der Waals surface area contributed by atoms with Crippen LogP contribution < -0.4 is 10.6 Å². The summed E-state index contributed by atoms with van der Waals surface area (Å²) >= 11 is 0. The summed E-state index contributed by atoms with van der Waals surface area (Å²) in [5.41, 5.74) is 4.05. The summed E-state index contributed by atoms with van der Waals surface area (Å²) in [6.07, 6.45) is 6.48. The van der Waals surface area contributed by atoms with Gasteiger partial charge in [-0.25, -0.2) is 0 Å². The Morgan fingerprint density at radius 2 is 1.49 bits per heavy atom. The van der Waals surface area contributed by atoms with Gasteiger partial charge in [-0.2, -0.15) is 0 Å². The number of carbonyl (C=O) groups excluding carboxylic acids is 3. The number of benzene rings is 3. The zero-order valence-corrected chi connectivity index (χ0v) is 21.1. The Balaban J connectivity index is 0.000000245. The van der Waals surface area contributed by atoms with Crippen molar-refractivity contribution in [3.8, 4) is 0 Å². The molecule has 1 saturated carbocycles. The minimum absolute atomic E-state index is 0.0126. The molecular formula is C31H35N3O3. The fourth-order valence-electron chi connectivity index (χ4n) is 5.14. The molecule has 37 heavy (non-hydrogen) atoms. The largest absolute Gasteiger partial charge is 0.358 e. The highest BCUT2D eigenvalue weighted by Crippen LogP contribution is 2.32. The molecule has 0 aromatic heterocycles. The van der Waals surface area contributed by atoms with E-state index in [1.54, 1.807) is 0 Å². The van der Waals surface area contributed by atoms with Crippen molar-refractivity contribution in [1.82, 2.24) is 15.5 Å². The predicted octanol–water partition coefficient (Wildman–Crippen LogP) is 4.29. The van der Waals surface area contributed by atoms with Gasteiger partial charge in [0.1, 0.15) is 6.04 Å². The van der Waals surface area contributed by atoms with E-state index in [2.05, 4.69) is 10.6 Å². The number of carbonyl (C=O) groups is 3. The molecule has 1 fully saturated rings. The van der Waals surface area contributed by atoms with Crippen molar-refractivity contribution in [3.05, 3.63) is 107 Å². The maximum atomic E-state index is 13.1. The van der Waals surface area contributed by atoms with E-state index in [4.69, 9.17) is 0 Å². The Hall–Kier alpha value is -3.93. The van der Waals surface area contributed by atoms with Gasteiger partial charge in [-0.1, -0.05) is 91.7 Å². The van der Waals surface area contributed by atoms with Crippen LogP contribution >= 0.6 is 0 Å². The van der Waals surface area contributed by atoms with Gasteiger partial charge in [0.05, 0.1) is 0 Å². The van der Waals surface area contributed by atoms with Gasteiger partial charge < -0.3 is 15.5 Å². The standard InChI is InChI=1S/C22H24N2O2.C9H11NO/c25-21(23-15-16-8-2-1-3-9-16)20-14-17-10-4-7-13-19(17)22(26)24(20)18-11-5-6-12-18;11-8-10-7-6-9-4-2-1-3-5-9/h1-4,7-10,13,18,20H,5-6,11-12,14-15H2,(H,23,25);1-5,8H,6-7H2,(H,10,11). The molecule has 1 atom stereocenters. The fourth-order valence-corrected chi connectivity index (χ4v) is 5.14. The maximum absolute atomic E-state index is 13.1. The van der Waals surface area contributed by atoms with Crippen molar-refractivity contribution in [1.29, 1.82) is 0 Å². The van der Waals surface area contributed by atoms with Crippen LogP contribution in [0.2, 0.25) is 0 Å². The van der Waals surface area contributed by atoms with Crippen molar-refractivity contribution in [2.45, 2.75) is 57.2 Å². The van der Waals surface area contributed by atoms with E-state index < -0.39 is 6.04 Å². The van der Waals surface area contributed by atoms with E-state index in [9.17, 15) is 14.4 Å². The average molecular weight is 498 g/mol. The van der Waals surface area contributed by atoms with E-state index in [-0.39, 0.29) is 17.9 Å². The Bertz CT molecular complexity index is 1160. The molecule has 2 aliphatic rings. The van der Waals surface area contributed by atoms with Crippen molar-refractivity contribution in [2.24, 2.45) is 0 Å². The molecule has 2 N–H and O–H groups in total. The molecular weight excluding hydrogens is 462 g/mol. The first-order valence-electron chi connectivity index (χ1n) is 13.1. The monoisotopic (exact) mass is 497 g/mol. The quantitative estimate of drug-likeness (QED) is 0.360. The molecule has 3 aromatic rings. The number of nitrogens with one attached hydrogen (secondary N) is 2. The normalized spacial score (nSPS) is 16.8. The number of fused-ring (bicyclic) bond motifs is 1. The summed E-state index contributed by atoms with van der Waals surface area (Å²) in [4.78, 5) is 37.9. The summed E-state index contributed by atoms with van der Waals surface area (Å²) in [7, 11) is 0. The van der Waals surface area contributed by atoms with Gasteiger partial charge in [-0.05, 0) is 42.0 Å². The summed E-state index contributed by atoms with van der Waals surface area (Å²) in [5, 5.41) is 5.66. The Kier molecular flexibility index (Phi) is 9.47. The highest BCUT2D eigenvalue weighted by molar-refractivity contribution is 6.01. The lowest BCUT2D eigenvalue weighted by molar-refractivity contribution is -0.126. The number of amides is 3. The molecule has 5 rings (SSSR count). The SMILES string of the molecule is O=C(NCc1ccccc1)C1Cc2ccccc2C(=O)N1C1CCCC1.O=CNCCc1ccccc1. The van der Waals surface area contributed by atoms with Crippen molar-refractivity contribution >= 4 is 18.2 Å². The summed E-state index contributed by atoms with van der Waals surface area (Å²) < 4.78 is 0. The third-order valence-corrected chi connectivity index (χ3v) is 7.05. The third kappa shape index (κ3) is 7.06. The van der Waals surface area contributed by atoms with Crippen LogP contribution in [0.1, 0.15) is 52.7 Å². The van der Waals surface area contributed by atoms with Crippen LogP contribution in [0, 0.1) is 0 Å². The van der Waals surface area contributed by atoms with Crippen LogP contribution in [0.4, 0.5) is 0 Å². The van der Waals surface area contributed by atoms with Gasteiger partial charge in [-0.3, -0.25) is 14.4 Å². The second-order valence-electron chi connectivity index (χ2n) is 9.54. The Morgan fingerprint density at radius 1 is 0.865 bits per heavy atom. The minimum Gasteiger partial charge on any atom is -0.358 e. The molecule has 6 nitrogen and oxygen atoms in total. The van der Waals surface area contributed by atoms with Crippen LogP contribution in [0.5, 0.6) is 0 Å². The van der Waals surface area contributed by atoms with E-state index in [0.29, 0.717) is 19.5 Å². The zero-order chi connectivity index (χ0) is 25.9. The highest BCUT2D eigenvalue weighted by atomic mass is 16.2. The smallest absolute Gasteiger partial charge is 0.255 e. The molecule has 3 aromatic carbocycles. The number of hydrogen-bond donors (Lipinski definition) is 2. The van der Waals surface area contributed by atoms with Gasteiger partial charge in [0.15, 0.2) is 0 Å². The number of rotatable bonds is 8. The minimum atomic E-state index is -0.413. The molecule has 1 aliphatic heterocycles. The van der Waals surface area contributed by atoms with E-state index in [1.165, 1.54) is 5.56 Å². The Labute approximate surface area is 219 Å². The van der Waals surface area contributed by atoms with Gasteiger partial charge in [0.2, 0.25) is 12.3 Å². The molecule has 0 radical (unpaired) electrons. The van der Waals surface area contributed by atoms with Crippen molar-refractivity contribution in [2.75, 3.05) is 6.54 Å². The maximum Gasteiger partial charge on any atom is 0.255 e. The second-order valence-corrected chi connectivity index (χ2v) is 9.54. The second kappa shape index (κ2) is 13.4. The van der Waals surface area contributed by atoms with Gasteiger partial charge in [-0.15, -0.1) is 0 Å². The van der Waals surface area contributed by atoms with Crippen LogP contribution in [0.3, 0.4) is 0 Å². The summed E-state index contributed by atoms with van der Waals surface area (Å²) in [6, 6.07) is 27.4. The Morgan fingerprint density at radius 3 is 2.16 bits per heavy atom. The van der Waals surface area contributed by atoms with E-state index in [0.717, 1.165) is 55.2 Å². The van der Waals surface area contributed by atoms with Crippen LogP contribution in [0.25, 0.3) is 0 Å². The predicted molar refractivity (Wildman–Crippen MR) is 145 cm³/mol. The molecule has 6 heteroatoms. The van der Waals surface area contributed by atoms with Crippen LogP contribution in [-0.4, -0.2) is 41.8 Å². The molecule has 0 saturated heterocycles. The first-order valence-corrected chi connectivity index (χ1v) is 13.1. The molecule has 1 unspecified atom stereocenters. The lowest BCUT2D eigenvalue weighted by Crippen LogP contribution is -2.56. The fraction of sp³-hybridized carbons (Fsp3) is 0.323. The summed E-state index contributed by atoms with van der Waals surface area (Å²) in [6.45, 7) is 1.21. The summed E-state index contributed by atoms with van der Waals surface area (Å²) in [5.74, 6) is -0.0396. The first-order chi connectivity index (χ1) is 18.2. The van der Waals surface area contributed by atoms with Crippen LogP contribution in [-0.2, 0) is 29.0 Å². The van der Waals surface area contributed by atoms with E-state index >= 15 is 0 Å². The van der Waals surface area contributed by atoms with Crippen LogP contribution in [0.15, 0.2) is 84.9 Å². The van der Waals surface area contributed by atoms with Gasteiger partial charge in [0.25, 0.3) is 5.91 Å². The molecule has 192 valence electrons. The lowest BCUT2D eigenvalue weighted by atomic mass is 9.91. The first kappa shape index (κ1) is 26.1. The molecule has 1 heterocycles. The highest BCUT2D eigenvalue weighted by Gasteiger charge is 2.40. The van der Waals surface area contributed by atoms with Crippen molar-refractivity contribution < 1.29 is 14.4 Å². The molecule has 1 aliphatic carbocycles. The van der Waals surface area contributed by atoms with Gasteiger partial charge >= 0.3 is 0 Å².